The van der Waals surface area contributed by atoms with Crippen LogP contribution in [0.4, 0.5) is 8.78 Å². The summed E-state index contributed by atoms with van der Waals surface area (Å²) >= 11 is 0. The third-order valence-electron chi connectivity index (χ3n) is 4.48. The molecule has 1 aliphatic carbocycles. The van der Waals surface area contributed by atoms with Gasteiger partial charge in [-0.15, -0.1) is 0 Å². The SMILES string of the molecule is O=C(NC1CCCCC1)c1ccccc1COc1ccc(F)cc1F. The van der Waals surface area contributed by atoms with Gasteiger partial charge in [-0.05, 0) is 31.0 Å². The van der Waals surface area contributed by atoms with Gasteiger partial charge in [-0.2, -0.15) is 0 Å². The van der Waals surface area contributed by atoms with Crippen molar-refractivity contribution in [3.63, 3.8) is 0 Å². The molecule has 2 aromatic rings. The van der Waals surface area contributed by atoms with E-state index in [1.54, 1.807) is 24.3 Å². The van der Waals surface area contributed by atoms with Gasteiger partial charge in [-0.3, -0.25) is 4.79 Å². The highest BCUT2D eigenvalue weighted by atomic mass is 19.1. The molecule has 25 heavy (non-hydrogen) atoms. The van der Waals surface area contributed by atoms with Gasteiger partial charge < -0.3 is 10.1 Å². The van der Waals surface area contributed by atoms with E-state index < -0.39 is 11.6 Å². The highest BCUT2D eigenvalue weighted by molar-refractivity contribution is 5.95. The van der Waals surface area contributed by atoms with E-state index in [9.17, 15) is 13.6 Å². The van der Waals surface area contributed by atoms with Gasteiger partial charge in [0, 0.05) is 23.2 Å². The van der Waals surface area contributed by atoms with Crippen molar-refractivity contribution in [2.75, 3.05) is 0 Å². The Kier molecular flexibility index (Phi) is 5.64. The van der Waals surface area contributed by atoms with Crippen LogP contribution in [0.1, 0.15) is 48.0 Å². The van der Waals surface area contributed by atoms with Crippen LogP contribution in [0.2, 0.25) is 0 Å². The molecular weight excluding hydrogens is 324 g/mol. The van der Waals surface area contributed by atoms with E-state index in [0.29, 0.717) is 11.1 Å². The van der Waals surface area contributed by atoms with E-state index in [-0.39, 0.29) is 24.3 Å². The fraction of sp³-hybridized carbons (Fsp3) is 0.350. The maximum Gasteiger partial charge on any atom is 0.251 e. The molecule has 0 unspecified atom stereocenters. The number of carbonyl (C=O) groups excluding carboxylic acids is 1. The van der Waals surface area contributed by atoms with Gasteiger partial charge >= 0.3 is 0 Å². The number of hydrogen-bond donors (Lipinski definition) is 1. The Morgan fingerprint density at radius 3 is 2.60 bits per heavy atom. The van der Waals surface area contributed by atoms with Crippen molar-refractivity contribution in [1.82, 2.24) is 5.32 Å². The first-order valence-corrected chi connectivity index (χ1v) is 8.60. The molecule has 0 heterocycles. The fourth-order valence-corrected chi connectivity index (χ4v) is 3.13. The lowest BCUT2D eigenvalue weighted by atomic mass is 9.95. The molecule has 0 spiro atoms. The van der Waals surface area contributed by atoms with Crippen molar-refractivity contribution in [3.05, 3.63) is 65.2 Å². The molecule has 5 heteroatoms. The van der Waals surface area contributed by atoms with Crippen LogP contribution in [-0.2, 0) is 6.61 Å². The Morgan fingerprint density at radius 2 is 1.84 bits per heavy atom. The minimum Gasteiger partial charge on any atom is -0.486 e. The van der Waals surface area contributed by atoms with Crippen molar-refractivity contribution >= 4 is 5.91 Å². The second-order valence-corrected chi connectivity index (χ2v) is 6.33. The number of rotatable bonds is 5. The molecule has 1 aliphatic rings. The standard InChI is InChI=1S/C20H21F2NO2/c21-15-10-11-19(18(22)12-15)25-13-14-6-4-5-9-17(14)20(24)23-16-7-2-1-3-8-16/h4-6,9-12,16H,1-3,7-8,13H2,(H,23,24). The minimum absolute atomic E-state index is 0.0381. The molecule has 0 aliphatic heterocycles. The zero-order valence-electron chi connectivity index (χ0n) is 13.9. The summed E-state index contributed by atoms with van der Waals surface area (Å²) in [5, 5.41) is 3.07. The van der Waals surface area contributed by atoms with E-state index in [4.69, 9.17) is 4.74 Å². The maximum atomic E-state index is 13.7. The highest BCUT2D eigenvalue weighted by Crippen LogP contribution is 2.21. The van der Waals surface area contributed by atoms with Crippen LogP contribution in [0.5, 0.6) is 5.75 Å². The third-order valence-corrected chi connectivity index (χ3v) is 4.48. The van der Waals surface area contributed by atoms with Crippen LogP contribution in [0.25, 0.3) is 0 Å². The van der Waals surface area contributed by atoms with Crippen molar-refractivity contribution in [1.29, 1.82) is 0 Å². The van der Waals surface area contributed by atoms with Gasteiger partial charge in [0.25, 0.3) is 5.91 Å². The molecule has 2 aromatic carbocycles. The summed E-state index contributed by atoms with van der Waals surface area (Å²) in [5.74, 6) is -1.59. The number of amides is 1. The summed E-state index contributed by atoms with van der Waals surface area (Å²) in [7, 11) is 0. The Balaban J connectivity index is 1.68. The summed E-state index contributed by atoms with van der Waals surface area (Å²) in [6.45, 7) is 0.0385. The summed E-state index contributed by atoms with van der Waals surface area (Å²) in [6, 6.07) is 10.5. The van der Waals surface area contributed by atoms with Gasteiger partial charge in [-0.1, -0.05) is 37.5 Å². The van der Waals surface area contributed by atoms with Crippen molar-refractivity contribution in [2.45, 2.75) is 44.8 Å². The molecule has 1 amide bonds. The largest absolute Gasteiger partial charge is 0.486 e. The Bertz CT molecular complexity index is 742. The fourth-order valence-electron chi connectivity index (χ4n) is 3.13. The van der Waals surface area contributed by atoms with Crippen LogP contribution in [0.15, 0.2) is 42.5 Å². The van der Waals surface area contributed by atoms with Crippen LogP contribution in [-0.4, -0.2) is 11.9 Å². The molecule has 1 saturated carbocycles. The maximum absolute atomic E-state index is 13.7. The van der Waals surface area contributed by atoms with Gasteiger partial charge in [0.05, 0.1) is 0 Å². The number of benzene rings is 2. The van der Waals surface area contributed by atoms with Crippen LogP contribution in [0.3, 0.4) is 0 Å². The molecule has 0 bridgehead atoms. The van der Waals surface area contributed by atoms with E-state index in [2.05, 4.69) is 5.32 Å². The van der Waals surface area contributed by atoms with Crippen molar-refractivity contribution in [3.8, 4) is 5.75 Å². The first-order chi connectivity index (χ1) is 12.1. The Labute approximate surface area is 146 Å². The highest BCUT2D eigenvalue weighted by Gasteiger charge is 2.18. The van der Waals surface area contributed by atoms with Crippen LogP contribution < -0.4 is 10.1 Å². The Morgan fingerprint density at radius 1 is 1.08 bits per heavy atom. The molecule has 0 aromatic heterocycles. The summed E-state index contributed by atoms with van der Waals surface area (Å²) < 4.78 is 32.1. The first kappa shape index (κ1) is 17.4. The van der Waals surface area contributed by atoms with E-state index in [0.717, 1.165) is 37.8 Å². The summed E-state index contributed by atoms with van der Waals surface area (Å²) in [5.41, 5.74) is 1.19. The molecule has 1 fully saturated rings. The predicted octanol–water partition coefficient (Wildman–Crippen LogP) is 4.61. The van der Waals surface area contributed by atoms with Gasteiger partial charge in [0.1, 0.15) is 12.4 Å². The third kappa shape index (κ3) is 4.56. The lowest BCUT2D eigenvalue weighted by Crippen LogP contribution is -2.36. The molecule has 3 rings (SSSR count). The molecule has 132 valence electrons. The average Bonchev–Trinajstić information content (AvgIpc) is 2.62. The van der Waals surface area contributed by atoms with E-state index in [1.807, 2.05) is 0 Å². The molecule has 1 N–H and O–H groups in total. The average molecular weight is 345 g/mol. The predicted molar refractivity (Wildman–Crippen MR) is 91.5 cm³/mol. The first-order valence-electron chi connectivity index (χ1n) is 8.60. The summed E-state index contributed by atoms with van der Waals surface area (Å²) in [4.78, 5) is 12.6. The normalized spacial score (nSPS) is 15.0. The lowest BCUT2D eigenvalue weighted by molar-refractivity contribution is 0.0925. The summed E-state index contributed by atoms with van der Waals surface area (Å²) in [6.07, 6.45) is 5.51. The number of nitrogens with one attached hydrogen (secondary N) is 1. The van der Waals surface area contributed by atoms with Gasteiger partial charge in [0.15, 0.2) is 11.6 Å². The van der Waals surface area contributed by atoms with Gasteiger partial charge in [0.2, 0.25) is 0 Å². The van der Waals surface area contributed by atoms with Crippen molar-refractivity contribution < 1.29 is 18.3 Å². The molecule has 0 saturated heterocycles. The second-order valence-electron chi connectivity index (χ2n) is 6.33. The number of hydrogen-bond acceptors (Lipinski definition) is 2. The minimum atomic E-state index is -0.760. The molecular formula is C20H21F2NO2. The number of ether oxygens (including phenoxy) is 1. The number of halogens is 2. The molecule has 3 nitrogen and oxygen atoms in total. The lowest BCUT2D eigenvalue weighted by Gasteiger charge is -2.23. The topological polar surface area (TPSA) is 38.3 Å². The molecule has 0 atom stereocenters. The zero-order chi connectivity index (χ0) is 17.6. The quantitative estimate of drug-likeness (QED) is 0.860. The van der Waals surface area contributed by atoms with Crippen LogP contribution >= 0.6 is 0 Å². The van der Waals surface area contributed by atoms with Crippen molar-refractivity contribution in [2.24, 2.45) is 0 Å². The van der Waals surface area contributed by atoms with E-state index in [1.165, 1.54) is 12.5 Å². The van der Waals surface area contributed by atoms with E-state index >= 15 is 0 Å². The van der Waals surface area contributed by atoms with Crippen LogP contribution in [0, 0.1) is 11.6 Å². The monoisotopic (exact) mass is 345 g/mol. The zero-order valence-corrected chi connectivity index (χ0v) is 13.9. The smallest absolute Gasteiger partial charge is 0.251 e. The number of carbonyl (C=O) groups is 1. The second kappa shape index (κ2) is 8.10. The molecule has 0 radical (unpaired) electrons. The van der Waals surface area contributed by atoms with Gasteiger partial charge in [-0.25, -0.2) is 8.78 Å². The Hall–Kier alpha value is -2.43.